The summed E-state index contributed by atoms with van der Waals surface area (Å²) in [5.74, 6) is -4.29. The number of halogens is 4. The zero-order valence-electron chi connectivity index (χ0n) is 14.0. The predicted molar refractivity (Wildman–Crippen MR) is 88.0 cm³/mol. The van der Waals surface area contributed by atoms with E-state index in [9.17, 15) is 26.6 Å². The minimum absolute atomic E-state index is 0.0480. The Morgan fingerprint density at radius 1 is 1.21 bits per heavy atom. The molecular weight excluding hydrogens is 404 g/mol. The number of alkyl halides is 3. The average Bonchev–Trinajstić information content (AvgIpc) is 3.12. The molecule has 1 aromatic carbocycles. The van der Waals surface area contributed by atoms with Gasteiger partial charge in [0.1, 0.15) is 10.8 Å². The van der Waals surface area contributed by atoms with Gasteiger partial charge in [0, 0.05) is 18.0 Å². The second-order valence-electron chi connectivity index (χ2n) is 5.48. The Balaban J connectivity index is 1.93. The lowest BCUT2D eigenvalue weighted by atomic mass is 10.1. The van der Waals surface area contributed by atoms with Crippen LogP contribution in [-0.2, 0) is 15.9 Å². The highest BCUT2D eigenvalue weighted by Gasteiger charge is 2.38. The van der Waals surface area contributed by atoms with Crippen LogP contribution in [0.2, 0.25) is 0 Å². The number of amides is 1. The van der Waals surface area contributed by atoms with Gasteiger partial charge in [-0.05, 0) is 24.3 Å². The number of carbonyl (C=O) groups excluding carboxylic acids is 1. The first-order valence-corrected chi connectivity index (χ1v) is 9.38. The van der Waals surface area contributed by atoms with E-state index in [4.69, 9.17) is 0 Å². The summed E-state index contributed by atoms with van der Waals surface area (Å²) in [6.45, 7) is 0. The summed E-state index contributed by atoms with van der Waals surface area (Å²) in [6.07, 6.45) is -2.29. The summed E-state index contributed by atoms with van der Waals surface area (Å²) < 4.78 is 72.0. The van der Waals surface area contributed by atoms with Crippen LogP contribution >= 0.6 is 0 Å². The summed E-state index contributed by atoms with van der Waals surface area (Å²) in [4.78, 5) is 19.2. The quantitative estimate of drug-likeness (QED) is 0.608. The minimum atomic E-state index is -4.84. The fraction of sp³-hybridized carbons (Fsp3) is 0.125. The third-order valence-corrected chi connectivity index (χ3v) is 4.94. The van der Waals surface area contributed by atoms with E-state index < -0.39 is 44.9 Å². The maximum atomic E-state index is 14.3. The highest BCUT2D eigenvalue weighted by Crippen LogP contribution is 2.29. The normalized spacial score (nSPS) is 13.8. The van der Waals surface area contributed by atoms with Crippen LogP contribution in [0.3, 0.4) is 0 Å². The van der Waals surface area contributed by atoms with Gasteiger partial charge in [-0.3, -0.25) is 4.79 Å². The summed E-state index contributed by atoms with van der Waals surface area (Å²) in [5, 5.41) is 3.18. The van der Waals surface area contributed by atoms with Gasteiger partial charge in [0.2, 0.25) is 5.82 Å². The van der Waals surface area contributed by atoms with Crippen molar-refractivity contribution in [2.24, 2.45) is 4.36 Å². The maximum absolute atomic E-state index is 14.3. The molecule has 0 spiro atoms. The van der Waals surface area contributed by atoms with E-state index in [-0.39, 0.29) is 10.6 Å². The number of carbonyl (C=O) groups is 1. The fourth-order valence-electron chi connectivity index (χ4n) is 2.11. The zero-order valence-corrected chi connectivity index (χ0v) is 14.8. The van der Waals surface area contributed by atoms with Crippen molar-refractivity contribution in [3.8, 4) is 11.4 Å². The second-order valence-corrected chi connectivity index (χ2v) is 7.69. The van der Waals surface area contributed by atoms with Crippen molar-refractivity contribution >= 4 is 15.6 Å². The molecule has 28 heavy (non-hydrogen) atoms. The highest BCUT2D eigenvalue weighted by atomic mass is 32.2. The minimum Gasteiger partial charge on any atom is -0.329 e. The van der Waals surface area contributed by atoms with Gasteiger partial charge in [-0.2, -0.15) is 22.5 Å². The lowest BCUT2D eigenvalue weighted by molar-refractivity contribution is -0.159. The molecule has 0 aliphatic rings. The number of hydrogen-bond acceptors (Lipinski definition) is 6. The van der Waals surface area contributed by atoms with E-state index in [2.05, 4.69) is 24.0 Å². The Morgan fingerprint density at radius 3 is 2.54 bits per heavy atom. The van der Waals surface area contributed by atoms with Crippen LogP contribution in [0, 0.1) is 5.82 Å². The largest absolute Gasteiger partial charge is 0.471 e. The molecule has 1 atom stereocenters. The molecule has 0 N–H and O–H groups in total. The lowest BCUT2D eigenvalue weighted by Gasteiger charge is -2.04. The molecule has 12 heteroatoms. The van der Waals surface area contributed by atoms with Gasteiger partial charge in [0.25, 0.3) is 5.91 Å². The third kappa shape index (κ3) is 4.06. The molecule has 0 saturated heterocycles. The van der Waals surface area contributed by atoms with E-state index in [1.165, 1.54) is 18.5 Å². The van der Waals surface area contributed by atoms with E-state index >= 15 is 0 Å². The van der Waals surface area contributed by atoms with Gasteiger partial charge in [-0.1, -0.05) is 17.3 Å². The standard InChI is InChI=1S/C16H10F4N4O3S/c1-28(26,12-4-2-3-7-21-12)24-14(25)10-6-5-9(8-11(10)17)13-22-15(27-23-13)16(18,19)20/h2-8H,1H3. The van der Waals surface area contributed by atoms with Crippen LogP contribution in [-0.4, -0.2) is 31.5 Å². The molecular formula is C16H10F4N4O3S. The molecule has 0 aliphatic carbocycles. The van der Waals surface area contributed by atoms with Gasteiger partial charge < -0.3 is 4.52 Å². The number of benzene rings is 1. The number of nitrogens with zero attached hydrogens (tertiary/aromatic N) is 4. The fourth-order valence-corrected chi connectivity index (χ4v) is 3.20. The highest BCUT2D eigenvalue weighted by molar-refractivity contribution is 7.93. The maximum Gasteiger partial charge on any atom is 0.471 e. The summed E-state index contributed by atoms with van der Waals surface area (Å²) in [6, 6.07) is 7.41. The van der Waals surface area contributed by atoms with Gasteiger partial charge >= 0.3 is 12.1 Å². The molecule has 0 bridgehead atoms. The molecule has 2 heterocycles. The van der Waals surface area contributed by atoms with E-state index in [0.717, 1.165) is 18.2 Å². The van der Waals surface area contributed by atoms with Crippen molar-refractivity contribution in [1.29, 1.82) is 0 Å². The number of rotatable bonds is 3. The van der Waals surface area contributed by atoms with Crippen LogP contribution in [0.4, 0.5) is 17.6 Å². The van der Waals surface area contributed by atoms with Crippen LogP contribution in [0.5, 0.6) is 0 Å². The van der Waals surface area contributed by atoms with Gasteiger partial charge in [-0.25, -0.2) is 13.6 Å². The smallest absolute Gasteiger partial charge is 0.329 e. The molecule has 2 aromatic heterocycles. The first-order valence-electron chi connectivity index (χ1n) is 7.46. The predicted octanol–water partition coefficient (Wildman–Crippen LogP) is 3.59. The number of hydrogen-bond donors (Lipinski definition) is 0. The molecule has 7 nitrogen and oxygen atoms in total. The second kappa shape index (κ2) is 7.11. The zero-order chi connectivity index (χ0) is 20.5. The first kappa shape index (κ1) is 19.6. The van der Waals surface area contributed by atoms with Gasteiger partial charge in [0.05, 0.1) is 15.3 Å². The van der Waals surface area contributed by atoms with Crippen LogP contribution in [0.15, 0.2) is 56.5 Å². The lowest BCUT2D eigenvalue weighted by Crippen LogP contribution is -2.07. The van der Waals surface area contributed by atoms with Crippen molar-refractivity contribution in [2.45, 2.75) is 11.2 Å². The number of aromatic nitrogens is 3. The van der Waals surface area contributed by atoms with Crippen molar-refractivity contribution in [3.05, 3.63) is 59.9 Å². The Kier molecular flexibility index (Phi) is 4.98. The molecule has 146 valence electrons. The van der Waals surface area contributed by atoms with Crippen molar-refractivity contribution < 1.29 is 31.1 Å². The van der Waals surface area contributed by atoms with Crippen LogP contribution in [0.25, 0.3) is 11.4 Å². The molecule has 3 aromatic rings. The van der Waals surface area contributed by atoms with E-state index in [0.29, 0.717) is 0 Å². The molecule has 1 unspecified atom stereocenters. The van der Waals surface area contributed by atoms with Crippen LogP contribution < -0.4 is 0 Å². The third-order valence-electron chi connectivity index (χ3n) is 3.41. The summed E-state index contributed by atoms with van der Waals surface area (Å²) in [7, 11) is -3.22. The van der Waals surface area contributed by atoms with Crippen molar-refractivity contribution in [3.63, 3.8) is 0 Å². The Labute approximate surface area is 155 Å². The summed E-state index contributed by atoms with van der Waals surface area (Å²) >= 11 is 0. The Morgan fingerprint density at radius 2 is 1.96 bits per heavy atom. The van der Waals surface area contributed by atoms with Gasteiger partial charge in [0.15, 0.2) is 0 Å². The Bertz CT molecular complexity index is 1150. The van der Waals surface area contributed by atoms with Crippen LogP contribution in [0.1, 0.15) is 16.2 Å². The van der Waals surface area contributed by atoms with Crippen molar-refractivity contribution in [1.82, 2.24) is 15.1 Å². The van der Waals surface area contributed by atoms with Gasteiger partial charge in [-0.15, -0.1) is 0 Å². The molecule has 3 rings (SSSR count). The van der Waals surface area contributed by atoms with E-state index in [1.807, 2.05) is 0 Å². The Hall–Kier alpha value is -3.15. The monoisotopic (exact) mass is 414 g/mol. The SMILES string of the molecule is CS(=O)(=NC(=O)c1ccc(-c2noc(C(F)(F)F)n2)cc1F)c1ccccn1. The average molecular weight is 414 g/mol. The van der Waals surface area contributed by atoms with Crippen molar-refractivity contribution in [2.75, 3.05) is 6.26 Å². The topological polar surface area (TPSA) is 98.3 Å². The van der Waals surface area contributed by atoms with E-state index in [1.54, 1.807) is 12.1 Å². The molecule has 0 radical (unpaired) electrons. The molecule has 0 aliphatic heterocycles. The molecule has 0 saturated carbocycles. The molecule has 0 fully saturated rings. The summed E-state index contributed by atoms with van der Waals surface area (Å²) in [5.41, 5.74) is -0.663. The molecule has 1 amide bonds. The first-order chi connectivity index (χ1) is 13.1. The number of pyridine rings is 1.